The van der Waals surface area contributed by atoms with Gasteiger partial charge in [0.25, 0.3) is 0 Å². The lowest BCUT2D eigenvalue weighted by atomic mass is 10.0. The fraction of sp³-hybridized carbons (Fsp3) is 0.750. The van der Waals surface area contributed by atoms with Crippen LogP contribution in [0.5, 0.6) is 0 Å². The van der Waals surface area contributed by atoms with Crippen molar-refractivity contribution in [2.75, 3.05) is 57.5 Å². The normalized spacial score (nSPS) is 26.2. The van der Waals surface area contributed by atoms with Crippen molar-refractivity contribution in [2.24, 2.45) is 5.92 Å². The van der Waals surface area contributed by atoms with E-state index < -0.39 is 0 Å². The van der Waals surface area contributed by atoms with Crippen LogP contribution in [0.2, 0.25) is 0 Å². The zero-order chi connectivity index (χ0) is 14.8. The van der Waals surface area contributed by atoms with Crippen molar-refractivity contribution in [3.63, 3.8) is 0 Å². The minimum Gasteiger partial charge on any atom is -0.381 e. The van der Waals surface area contributed by atoms with E-state index in [2.05, 4.69) is 19.8 Å². The Morgan fingerprint density at radius 1 is 1.09 bits per heavy atom. The van der Waals surface area contributed by atoms with Crippen LogP contribution in [0.25, 0.3) is 0 Å². The van der Waals surface area contributed by atoms with Crippen LogP contribution in [0.3, 0.4) is 0 Å². The number of ether oxygens (including phenoxy) is 2. The number of rotatable bonds is 3. The molecule has 4 rings (SSSR count). The van der Waals surface area contributed by atoms with Gasteiger partial charge in [0.15, 0.2) is 0 Å². The van der Waals surface area contributed by atoms with Crippen LogP contribution in [-0.2, 0) is 22.4 Å². The summed E-state index contributed by atoms with van der Waals surface area (Å²) in [6.07, 6.45) is 3.96. The minimum absolute atomic E-state index is 0.693. The molecule has 4 heterocycles. The summed E-state index contributed by atoms with van der Waals surface area (Å²) < 4.78 is 11.0. The van der Waals surface area contributed by atoms with Gasteiger partial charge in [0.05, 0.1) is 25.5 Å². The lowest BCUT2D eigenvalue weighted by molar-refractivity contribution is 0.122. The molecule has 3 aliphatic heterocycles. The predicted octanol–water partition coefficient (Wildman–Crippen LogP) is 0.708. The summed E-state index contributed by atoms with van der Waals surface area (Å²) in [5, 5.41) is 0. The fourth-order valence-electron chi connectivity index (χ4n) is 3.68. The van der Waals surface area contributed by atoms with E-state index in [4.69, 9.17) is 9.47 Å². The van der Waals surface area contributed by atoms with E-state index in [1.165, 1.54) is 17.7 Å². The van der Waals surface area contributed by atoms with E-state index >= 15 is 0 Å². The van der Waals surface area contributed by atoms with E-state index in [1.54, 1.807) is 6.33 Å². The van der Waals surface area contributed by atoms with Crippen molar-refractivity contribution in [3.05, 3.63) is 17.6 Å². The Balaban J connectivity index is 1.51. The molecule has 1 atom stereocenters. The molecule has 0 spiro atoms. The first-order valence-electron chi connectivity index (χ1n) is 8.35. The van der Waals surface area contributed by atoms with Gasteiger partial charge in [-0.15, -0.1) is 0 Å². The van der Waals surface area contributed by atoms with Crippen molar-refractivity contribution >= 4 is 5.82 Å². The second-order valence-electron chi connectivity index (χ2n) is 6.44. The molecule has 0 aromatic carbocycles. The molecule has 0 aliphatic carbocycles. The van der Waals surface area contributed by atoms with Gasteiger partial charge >= 0.3 is 0 Å². The van der Waals surface area contributed by atoms with Crippen molar-refractivity contribution in [3.8, 4) is 0 Å². The Bertz CT molecular complexity index is 513. The van der Waals surface area contributed by atoms with Gasteiger partial charge in [-0.25, -0.2) is 9.97 Å². The third-order valence-electron chi connectivity index (χ3n) is 4.91. The van der Waals surface area contributed by atoms with Crippen LogP contribution < -0.4 is 4.90 Å². The van der Waals surface area contributed by atoms with Crippen LogP contribution in [0.4, 0.5) is 5.82 Å². The molecule has 2 saturated heterocycles. The number of morpholine rings is 1. The number of anilines is 1. The summed E-state index contributed by atoms with van der Waals surface area (Å²) in [6, 6.07) is 0. The highest BCUT2D eigenvalue weighted by atomic mass is 16.5. The molecule has 2 fully saturated rings. The fourth-order valence-corrected chi connectivity index (χ4v) is 3.68. The molecule has 6 heteroatoms. The molecule has 0 saturated carbocycles. The van der Waals surface area contributed by atoms with Gasteiger partial charge in [0.2, 0.25) is 0 Å². The van der Waals surface area contributed by atoms with Gasteiger partial charge in [-0.05, 0) is 12.3 Å². The van der Waals surface area contributed by atoms with Crippen molar-refractivity contribution in [1.82, 2.24) is 14.9 Å². The van der Waals surface area contributed by atoms with E-state index in [0.29, 0.717) is 5.92 Å². The number of aromatic nitrogens is 2. The number of hydrogen-bond acceptors (Lipinski definition) is 6. The van der Waals surface area contributed by atoms with Crippen molar-refractivity contribution < 1.29 is 9.47 Å². The maximum Gasteiger partial charge on any atom is 0.136 e. The summed E-state index contributed by atoms with van der Waals surface area (Å²) in [6.45, 7) is 8.51. The van der Waals surface area contributed by atoms with E-state index in [-0.39, 0.29) is 0 Å². The maximum absolute atomic E-state index is 5.51. The average Bonchev–Trinajstić information content (AvgIpc) is 3.08. The second-order valence-corrected chi connectivity index (χ2v) is 6.44. The molecular weight excluding hydrogens is 280 g/mol. The number of nitrogens with zero attached hydrogens (tertiary/aromatic N) is 4. The predicted molar refractivity (Wildman–Crippen MR) is 83.0 cm³/mol. The molecule has 120 valence electrons. The Morgan fingerprint density at radius 2 is 2.00 bits per heavy atom. The smallest absolute Gasteiger partial charge is 0.136 e. The third kappa shape index (κ3) is 2.95. The average molecular weight is 304 g/mol. The Morgan fingerprint density at radius 3 is 2.82 bits per heavy atom. The number of hydrogen-bond donors (Lipinski definition) is 0. The molecule has 6 nitrogen and oxygen atoms in total. The van der Waals surface area contributed by atoms with Gasteiger partial charge in [-0.3, -0.25) is 4.90 Å². The molecule has 0 N–H and O–H groups in total. The maximum atomic E-state index is 5.51. The van der Waals surface area contributed by atoms with E-state index in [1.807, 2.05) is 0 Å². The zero-order valence-corrected chi connectivity index (χ0v) is 13.0. The lowest BCUT2D eigenvalue weighted by Crippen LogP contribution is -2.40. The van der Waals surface area contributed by atoms with Gasteiger partial charge in [-0.2, -0.15) is 0 Å². The van der Waals surface area contributed by atoms with Crippen LogP contribution >= 0.6 is 0 Å². The summed E-state index contributed by atoms with van der Waals surface area (Å²) in [5.74, 6) is 1.82. The largest absolute Gasteiger partial charge is 0.381 e. The Labute approximate surface area is 131 Å². The summed E-state index contributed by atoms with van der Waals surface area (Å²) in [4.78, 5) is 14.0. The van der Waals surface area contributed by atoms with Crippen LogP contribution in [0, 0.1) is 5.92 Å². The van der Waals surface area contributed by atoms with Crippen LogP contribution in [0.1, 0.15) is 17.7 Å². The SMILES string of the molecule is c1nc2c(c(N3CCOCC3)n1)CN(C[C@@H]1CCOC1)CC2. The summed E-state index contributed by atoms with van der Waals surface area (Å²) in [5.41, 5.74) is 2.56. The molecule has 3 aliphatic rings. The highest BCUT2D eigenvalue weighted by Gasteiger charge is 2.27. The quantitative estimate of drug-likeness (QED) is 0.820. The van der Waals surface area contributed by atoms with Crippen LogP contribution in [0.15, 0.2) is 6.33 Å². The Kier molecular flexibility index (Phi) is 4.23. The molecule has 0 bridgehead atoms. The molecule has 0 amide bonds. The molecule has 22 heavy (non-hydrogen) atoms. The van der Waals surface area contributed by atoms with E-state index in [9.17, 15) is 0 Å². The minimum atomic E-state index is 0.693. The molecule has 0 radical (unpaired) electrons. The monoisotopic (exact) mass is 304 g/mol. The topological polar surface area (TPSA) is 50.7 Å². The van der Waals surface area contributed by atoms with Crippen LogP contribution in [-0.4, -0.2) is 67.5 Å². The first-order chi connectivity index (χ1) is 10.9. The Hall–Kier alpha value is -1.24. The molecule has 1 aromatic rings. The second kappa shape index (κ2) is 6.48. The summed E-state index contributed by atoms with van der Waals surface area (Å²) >= 11 is 0. The lowest BCUT2D eigenvalue weighted by Gasteiger charge is -2.34. The first kappa shape index (κ1) is 14.4. The van der Waals surface area contributed by atoms with Gasteiger partial charge in [-0.1, -0.05) is 0 Å². The molecule has 1 aromatic heterocycles. The standard InChI is InChI=1S/C16H24N4O2/c1-3-19(9-13-2-6-22-11-13)10-14-15(1)17-12-18-16(14)20-4-7-21-8-5-20/h12-13H,1-11H2/t13-/m0/s1. The van der Waals surface area contributed by atoms with Gasteiger partial charge < -0.3 is 14.4 Å². The molecule has 0 unspecified atom stereocenters. The van der Waals surface area contributed by atoms with Gasteiger partial charge in [0.1, 0.15) is 12.1 Å². The molecular formula is C16H24N4O2. The highest BCUT2D eigenvalue weighted by molar-refractivity contribution is 5.49. The first-order valence-corrected chi connectivity index (χ1v) is 8.35. The van der Waals surface area contributed by atoms with Crippen molar-refractivity contribution in [2.45, 2.75) is 19.4 Å². The summed E-state index contributed by atoms with van der Waals surface area (Å²) in [7, 11) is 0. The highest BCUT2D eigenvalue weighted by Crippen LogP contribution is 2.27. The van der Waals surface area contributed by atoms with Crippen molar-refractivity contribution in [1.29, 1.82) is 0 Å². The zero-order valence-electron chi connectivity index (χ0n) is 13.0. The number of fused-ring (bicyclic) bond motifs is 1. The van der Waals surface area contributed by atoms with E-state index in [0.717, 1.165) is 71.4 Å². The van der Waals surface area contributed by atoms with Gasteiger partial charge in [0, 0.05) is 51.3 Å². The third-order valence-corrected chi connectivity index (χ3v) is 4.91.